The van der Waals surface area contributed by atoms with E-state index < -0.39 is 15.9 Å². The first kappa shape index (κ1) is 24.1. The number of aryl methyl sites for hydroxylation is 2. The van der Waals surface area contributed by atoms with Gasteiger partial charge in [0, 0.05) is 24.6 Å². The molecule has 0 bridgehead atoms. The Hall–Kier alpha value is -3.04. The van der Waals surface area contributed by atoms with Crippen molar-refractivity contribution in [2.45, 2.75) is 57.8 Å². The van der Waals surface area contributed by atoms with Gasteiger partial charge >= 0.3 is 0 Å². The lowest BCUT2D eigenvalue weighted by molar-refractivity contribution is 0.102. The molecule has 2 heterocycles. The van der Waals surface area contributed by atoms with Crippen molar-refractivity contribution in [3.05, 3.63) is 58.9 Å². The van der Waals surface area contributed by atoms with Crippen molar-refractivity contribution >= 4 is 21.6 Å². The molecule has 1 aromatic heterocycles. The molecule has 8 nitrogen and oxygen atoms in total. The molecule has 0 unspecified atom stereocenters. The van der Waals surface area contributed by atoms with Crippen LogP contribution in [0.2, 0.25) is 0 Å². The summed E-state index contributed by atoms with van der Waals surface area (Å²) in [5.41, 5.74) is 2.98. The van der Waals surface area contributed by atoms with Crippen molar-refractivity contribution in [2.75, 3.05) is 18.4 Å². The summed E-state index contributed by atoms with van der Waals surface area (Å²) in [7, 11) is -3.65. The third-order valence-electron chi connectivity index (χ3n) is 6.11. The first-order chi connectivity index (χ1) is 16.2. The number of anilines is 1. The van der Waals surface area contributed by atoms with E-state index in [1.807, 2.05) is 39.0 Å². The highest BCUT2D eigenvalue weighted by Crippen LogP contribution is 2.31. The average Bonchev–Trinajstić information content (AvgIpc) is 3.31. The number of hydrogen-bond donors (Lipinski definition) is 1. The molecule has 9 heteroatoms. The Balaban J connectivity index is 1.67. The second kappa shape index (κ2) is 9.68. The molecule has 34 heavy (non-hydrogen) atoms. The van der Waals surface area contributed by atoms with Gasteiger partial charge in [0.05, 0.1) is 16.1 Å². The van der Waals surface area contributed by atoms with Crippen LogP contribution in [-0.2, 0) is 10.0 Å². The number of piperidine rings is 1. The van der Waals surface area contributed by atoms with E-state index in [1.165, 1.54) is 10.4 Å². The monoisotopic (exact) mass is 482 g/mol. The SMILES string of the molecule is Cc1ccc(S(=O)(=O)N2CCCCC2)cc1C(=O)Nc1c(C)cccc1-c1nc(C(C)C)no1. The molecule has 1 N–H and O–H groups in total. The smallest absolute Gasteiger partial charge is 0.260 e. The summed E-state index contributed by atoms with van der Waals surface area (Å²) in [5, 5.41) is 6.98. The van der Waals surface area contributed by atoms with Crippen LogP contribution in [0.15, 0.2) is 45.8 Å². The zero-order valence-electron chi connectivity index (χ0n) is 20.0. The largest absolute Gasteiger partial charge is 0.334 e. The third kappa shape index (κ3) is 4.76. The molecule has 0 atom stereocenters. The van der Waals surface area contributed by atoms with Gasteiger partial charge in [0.1, 0.15) is 0 Å². The zero-order valence-corrected chi connectivity index (χ0v) is 20.8. The second-order valence-electron chi connectivity index (χ2n) is 9.01. The molecule has 0 saturated carbocycles. The zero-order chi connectivity index (χ0) is 24.5. The van der Waals surface area contributed by atoms with E-state index >= 15 is 0 Å². The van der Waals surface area contributed by atoms with E-state index in [1.54, 1.807) is 19.1 Å². The summed E-state index contributed by atoms with van der Waals surface area (Å²) < 4.78 is 33.3. The van der Waals surface area contributed by atoms with Crippen LogP contribution < -0.4 is 5.32 Å². The fraction of sp³-hybridized carbons (Fsp3) is 0.400. The van der Waals surface area contributed by atoms with Crippen molar-refractivity contribution in [2.24, 2.45) is 0 Å². The molecule has 1 amide bonds. The van der Waals surface area contributed by atoms with E-state index in [9.17, 15) is 13.2 Å². The molecule has 180 valence electrons. The van der Waals surface area contributed by atoms with Gasteiger partial charge < -0.3 is 9.84 Å². The minimum atomic E-state index is -3.65. The highest BCUT2D eigenvalue weighted by molar-refractivity contribution is 7.89. The maximum atomic E-state index is 13.4. The first-order valence-corrected chi connectivity index (χ1v) is 13.0. The summed E-state index contributed by atoms with van der Waals surface area (Å²) >= 11 is 0. The van der Waals surface area contributed by atoms with E-state index in [-0.39, 0.29) is 10.8 Å². The van der Waals surface area contributed by atoms with Crippen LogP contribution in [0, 0.1) is 13.8 Å². The number of carbonyl (C=O) groups excluding carboxylic acids is 1. The predicted octanol–water partition coefficient (Wildman–Crippen LogP) is 4.90. The normalized spacial score (nSPS) is 15.0. The average molecular weight is 483 g/mol. The van der Waals surface area contributed by atoms with Gasteiger partial charge in [-0.05, 0) is 56.0 Å². The van der Waals surface area contributed by atoms with Crippen LogP contribution in [0.3, 0.4) is 0 Å². The van der Waals surface area contributed by atoms with Crippen molar-refractivity contribution < 1.29 is 17.7 Å². The topological polar surface area (TPSA) is 105 Å². The van der Waals surface area contributed by atoms with E-state index in [4.69, 9.17) is 4.52 Å². The number of carbonyl (C=O) groups is 1. The standard InChI is InChI=1S/C25H30N4O4S/c1-16(2)23-27-25(33-28-23)20-10-8-9-18(4)22(20)26-24(30)21-15-19(12-11-17(21)3)34(31,32)29-13-6-5-7-14-29/h8-12,15-16H,5-7,13-14H2,1-4H3,(H,26,30). The van der Waals surface area contributed by atoms with Crippen LogP contribution in [0.5, 0.6) is 0 Å². The number of sulfonamides is 1. The van der Waals surface area contributed by atoms with Crippen molar-refractivity contribution in [3.63, 3.8) is 0 Å². The second-order valence-corrected chi connectivity index (χ2v) is 10.9. The van der Waals surface area contributed by atoms with Crippen LogP contribution in [0.25, 0.3) is 11.5 Å². The number of nitrogens with one attached hydrogen (secondary N) is 1. The van der Waals surface area contributed by atoms with Gasteiger partial charge in [-0.1, -0.05) is 43.6 Å². The number of para-hydroxylation sites is 1. The predicted molar refractivity (Wildman–Crippen MR) is 130 cm³/mol. The number of rotatable bonds is 6. The highest BCUT2D eigenvalue weighted by atomic mass is 32.2. The van der Waals surface area contributed by atoms with E-state index in [2.05, 4.69) is 15.5 Å². The molecular weight excluding hydrogens is 452 g/mol. The van der Waals surface area contributed by atoms with Gasteiger partial charge in [-0.3, -0.25) is 4.79 Å². The van der Waals surface area contributed by atoms with E-state index in [0.29, 0.717) is 47.2 Å². The van der Waals surface area contributed by atoms with Crippen molar-refractivity contribution in [1.82, 2.24) is 14.4 Å². The molecule has 4 rings (SSSR count). The lowest BCUT2D eigenvalue weighted by Crippen LogP contribution is -2.35. The fourth-order valence-electron chi connectivity index (χ4n) is 4.03. The molecule has 2 aromatic carbocycles. The van der Waals surface area contributed by atoms with Crippen molar-refractivity contribution in [3.8, 4) is 11.5 Å². The highest BCUT2D eigenvalue weighted by Gasteiger charge is 2.27. The van der Waals surface area contributed by atoms with Crippen LogP contribution in [-0.4, -0.2) is 41.9 Å². The molecule has 0 aliphatic carbocycles. The number of hydrogen-bond acceptors (Lipinski definition) is 6. The maximum Gasteiger partial charge on any atom is 0.260 e. The molecule has 0 radical (unpaired) electrons. The van der Waals surface area contributed by atoms with Gasteiger partial charge in [0.2, 0.25) is 10.0 Å². The number of nitrogens with zero attached hydrogens (tertiary/aromatic N) is 3. The molecule has 1 saturated heterocycles. The van der Waals surface area contributed by atoms with Crippen LogP contribution in [0.1, 0.15) is 66.3 Å². The first-order valence-electron chi connectivity index (χ1n) is 11.5. The Bertz CT molecular complexity index is 1310. The molecule has 1 aliphatic rings. The summed E-state index contributed by atoms with van der Waals surface area (Å²) in [5.74, 6) is 0.612. The Morgan fingerprint density at radius 1 is 1.06 bits per heavy atom. The van der Waals surface area contributed by atoms with Gasteiger partial charge in [-0.2, -0.15) is 9.29 Å². The van der Waals surface area contributed by atoms with Gasteiger partial charge in [-0.15, -0.1) is 0 Å². The Morgan fingerprint density at radius 3 is 2.47 bits per heavy atom. The maximum absolute atomic E-state index is 13.4. The molecular formula is C25H30N4O4S. The van der Waals surface area contributed by atoms with Crippen LogP contribution >= 0.6 is 0 Å². The lowest BCUT2D eigenvalue weighted by atomic mass is 10.1. The molecule has 1 aliphatic heterocycles. The Kier molecular flexibility index (Phi) is 6.86. The Morgan fingerprint density at radius 2 is 1.79 bits per heavy atom. The minimum absolute atomic E-state index is 0.104. The number of benzene rings is 2. The lowest BCUT2D eigenvalue weighted by Gasteiger charge is -2.26. The summed E-state index contributed by atoms with van der Waals surface area (Å²) in [6.45, 7) is 8.63. The van der Waals surface area contributed by atoms with E-state index in [0.717, 1.165) is 24.8 Å². The summed E-state index contributed by atoms with van der Waals surface area (Å²) in [6, 6.07) is 10.3. The van der Waals surface area contributed by atoms with Gasteiger partial charge in [0.15, 0.2) is 5.82 Å². The molecule has 3 aromatic rings. The summed E-state index contributed by atoms with van der Waals surface area (Å²) in [6.07, 6.45) is 2.73. The molecule has 0 spiro atoms. The minimum Gasteiger partial charge on any atom is -0.334 e. The number of aromatic nitrogens is 2. The van der Waals surface area contributed by atoms with Gasteiger partial charge in [0.25, 0.3) is 11.8 Å². The summed E-state index contributed by atoms with van der Waals surface area (Å²) in [4.78, 5) is 17.9. The fourth-order valence-corrected chi connectivity index (χ4v) is 5.58. The van der Waals surface area contributed by atoms with Gasteiger partial charge in [-0.25, -0.2) is 8.42 Å². The number of amides is 1. The van der Waals surface area contributed by atoms with Crippen LogP contribution in [0.4, 0.5) is 5.69 Å². The Labute approximate surface area is 200 Å². The quantitative estimate of drug-likeness (QED) is 0.535. The van der Waals surface area contributed by atoms with Crippen molar-refractivity contribution in [1.29, 1.82) is 0 Å². The third-order valence-corrected chi connectivity index (χ3v) is 8.00. The molecule has 1 fully saturated rings.